The predicted octanol–water partition coefficient (Wildman–Crippen LogP) is 1.90. The predicted molar refractivity (Wildman–Crippen MR) is 83.1 cm³/mol. The molecule has 1 saturated heterocycles. The summed E-state index contributed by atoms with van der Waals surface area (Å²) in [6, 6.07) is 7.23. The van der Waals surface area contributed by atoms with E-state index >= 15 is 0 Å². The number of carbonyl (C=O) groups is 1. The number of nitrogens with zero attached hydrogens (tertiary/aromatic N) is 1. The highest BCUT2D eigenvalue weighted by Gasteiger charge is 2.23. The number of amides is 1. The highest BCUT2D eigenvalue weighted by molar-refractivity contribution is 7.91. The second kappa shape index (κ2) is 6.47. The fourth-order valence-corrected chi connectivity index (χ4v) is 3.63. The number of nitrogens with one attached hydrogen (secondary N) is 1. The lowest BCUT2D eigenvalue weighted by Crippen LogP contribution is -2.41. The van der Waals surface area contributed by atoms with Crippen molar-refractivity contribution in [2.45, 2.75) is 37.6 Å². The van der Waals surface area contributed by atoms with Gasteiger partial charge in [0.25, 0.3) is 0 Å². The van der Waals surface area contributed by atoms with Crippen LogP contribution in [0.3, 0.4) is 0 Å². The molecule has 5 nitrogen and oxygen atoms in total. The molecule has 0 aromatic heterocycles. The van der Waals surface area contributed by atoms with E-state index < -0.39 is 9.84 Å². The van der Waals surface area contributed by atoms with Gasteiger partial charge in [-0.15, -0.1) is 0 Å². The van der Waals surface area contributed by atoms with Crippen molar-refractivity contribution in [3.63, 3.8) is 0 Å². The number of carbonyl (C=O) groups excluding carboxylic acids is 1. The Labute approximate surface area is 126 Å². The summed E-state index contributed by atoms with van der Waals surface area (Å²) in [5, 5.41) is 3.33. The normalized spacial score (nSPS) is 16.8. The van der Waals surface area contributed by atoms with Crippen LogP contribution < -0.4 is 5.32 Å². The van der Waals surface area contributed by atoms with E-state index in [4.69, 9.17) is 0 Å². The lowest BCUT2D eigenvalue weighted by atomic mass is 10.0. The highest BCUT2D eigenvalue weighted by Crippen LogP contribution is 2.25. The van der Waals surface area contributed by atoms with Crippen molar-refractivity contribution >= 4 is 21.4 Å². The van der Waals surface area contributed by atoms with Crippen LogP contribution in [0.1, 0.15) is 26.7 Å². The average molecular weight is 310 g/mol. The van der Waals surface area contributed by atoms with Crippen LogP contribution in [0.15, 0.2) is 29.2 Å². The van der Waals surface area contributed by atoms with Gasteiger partial charge in [-0.1, -0.05) is 19.1 Å². The van der Waals surface area contributed by atoms with Crippen molar-refractivity contribution in [1.82, 2.24) is 4.90 Å². The Bertz CT molecular complexity index is 605. The van der Waals surface area contributed by atoms with E-state index in [1.807, 2.05) is 11.0 Å². The monoisotopic (exact) mass is 310 g/mol. The second-order valence-electron chi connectivity index (χ2n) is 5.32. The average Bonchev–Trinajstić information content (AvgIpc) is 2.48. The fraction of sp³-hybridized carbons (Fsp3) is 0.533. The van der Waals surface area contributed by atoms with Gasteiger partial charge in [0, 0.05) is 26.1 Å². The van der Waals surface area contributed by atoms with Crippen LogP contribution in [0, 0.1) is 0 Å². The number of anilines is 1. The summed E-state index contributed by atoms with van der Waals surface area (Å²) in [7, 11) is -3.23. The second-order valence-corrected chi connectivity index (χ2v) is 7.57. The van der Waals surface area contributed by atoms with E-state index in [1.165, 1.54) is 0 Å². The van der Waals surface area contributed by atoms with Gasteiger partial charge in [-0.25, -0.2) is 8.42 Å². The standard InChI is InChI=1S/C15H22N2O3S/c1-3-21(19,20)15-7-5-4-6-14(15)16-13-8-10-17(11-9-13)12(2)18/h4-7,13,16H,3,8-11H2,1-2H3. The van der Waals surface area contributed by atoms with E-state index in [0.29, 0.717) is 10.6 Å². The van der Waals surface area contributed by atoms with Gasteiger partial charge < -0.3 is 10.2 Å². The zero-order chi connectivity index (χ0) is 15.5. The van der Waals surface area contributed by atoms with Crippen molar-refractivity contribution in [2.75, 3.05) is 24.2 Å². The molecule has 2 rings (SSSR count). The third-order valence-electron chi connectivity index (χ3n) is 3.90. The minimum atomic E-state index is -3.23. The zero-order valence-electron chi connectivity index (χ0n) is 12.5. The van der Waals surface area contributed by atoms with Crippen LogP contribution in [0.4, 0.5) is 5.69 Å². The van der Waals surface area contributed by atoms with Crippen molar-refractivity contribution in [3.8, 4) is 0 Å². The summed E-state index contributed by atoms with van der Waals surface area (Å²) in [4.78, 5) is 13.5. The molecule has 116 valence electrons. The summed E-state index contributed by atoms with van der Waals surface area (Å²) in [6.07, 6.45) is 1.67. The van der Waals surface area contributed by atoms with Gasteiger partial charge in [0.15, 0.2) is 9.84 Å². The fourth-order valence-electron chi connectivity index (χ4n) is 2.57. The summed E-state index contributed by atoms with van der Waals surface area (Å²) < 4.78 is 24.2. The molecular weight excluding hydrogens is 288 g/mol. The summed E-state index contributed by atoms with van der Waals surface area (Å²) in [5.74, 6) is 0.191. The lowest BCUT2D eigenvalue weighted by molar-refractivity contribution is -0.129. The molecule has 0 bridgehead atoms. The molecule has 21 heavy (non-hydrogen) atoms. The van der Waals surface area contributed by atoms with Gasteiger partial charge >= 0.3 is 0 Å². The molecule has 1 aliphatic heterocycles. The van der Waals surface area contributed by atoms with Gasteiger partial charge in [-0.2, -0.15) is 0 Å². The summed E-state index contributed by atoms with van der Waals surface area (Å²) in [6.45, 7) is 4.67. The minimum Gasteiger partial charge on any atom is -0.381 e. The van der Waals surface area contributed by atoms with Crippen LogP contribution >= 0.6 is 0 Å². The third kappa shape index (κ3) is 3.75. The Kier molecular flexibility index (Phi) is 4.88. The first-order valence-corrected chi connectivity index (χ1v) is 8.93. The quantitative estimate of drug-likeness (QED) is 0.922. The topological polar surface area (TPSA) is 66.5 Å². The molecule has 1 heterocycles. The van der Waals surface area contributed by atoms with Crippen LogP contribution in [-0.4, -0.2) is 44.1 Å². The molecule has 1 aromatic carbocycles. The maximum Gasteiger partial charge on any atom is 0.219 e. The minimum absolute atomic E-state index is 0.0917. The maximum atomic E-state index is 12.1. The highest BCUT2D eigenvalue weighted by atomic mass is 32.2. The third-order valence-corrected chi connectivity index (χ3v) is 5.69. The molecule has 0 spiro atoms. The van der Waals surface area contributed by atoms with Gasteiger partial charge in [-0.05, 0) is 25.0 Å². The number of hydrogen-bond acceptors (Lipinski definition) is 4. The first kappa shape index (κ1) is 15.8. The zero-order valence-corrected chi connectivity index (χ0v) is 13.3. The molecule has 0 unspecified atom stereocenters. The molecule has 1 aliphatic rings. The smallest absolute Gasteiger partial charge is 0.219 e. The van der Waals surface area contributed by atoms with Crippen molar-refractivity contribution in [3.05, 3.63) is 24.3 Å². The Morgan fingerprint density at radius 2 is 1.90 bits per heavy atom. The first-order chi connectivity index (χ1) is 9.94. The molecule has 0 radical (unpaired) electrons. The van der Waals surface area contributed by atoms with Crippen LogP contribution in [0.2, 0.25) is 0 Å². The number of benzene rings is 1. The van der Waals surface area contributed by atoms with E-state index in [2.05, 4.69) is 5.32 Å². The first-order valence-electron chi connectivity index (χ1n) is 7.28. The van der Waals surface area contributed by atoms with Crippen molar-refractivity contribution in [1.29, 1.82) is 0 Å². The van der Waals surface area contributed by atoms with Crippen LogP contribution in [0.25, 0.3) is 0 Å². The Morgan fingerprint density at radius 1 is 1.29 bits per heavy atom. The SMILES string of the molecule is CCS(=O)(=O)c1ccccc1NC1CCN(C(C)=O)CC1. The number of rotatable bonds is 4. The van der Waals surface area contributed by atoms with Crippen LogP contribution in [0.5, 0.6) is 0 Å². The Hall–Kier alpha value is -1.56. The van der Waals surface area contributed by atoms with E-state index in [-0.39, 0.29) is 17.7 Å². The van der Waals surface area contributed by atoms with Crippen LogP contribution in [-0.2, 0) is 14.6 Å². The Balaban J connectivity index is 2.10. The maximum absolute atomic E-state index is 12.1. The number of sulfone groups is 1. The number of para-hydroxylation sites is 1. The lowest BCUT2D eigenvalue weighted by Gasteiger charge is -2.32. The molecule has 6 heteroatoms. The van der Waals surface area contributed by atoms with Gasteiger partial charge in [0.1, 0.15) is 0 Å². The summed E-state index contributed by atoms with van der Waals surface area (Å²) in [5.41, 5.74) is 0.667. The number of piperidine rings is 1. The summed E-state index contributed by atoms with van der Waals surface area (Å²) >= 11 is 0. The molecule has 0 atom stereocenters. The van der Waals surface area contributed by atoms with Crippen molar-refractivity contribution < 1.29 is 13.2 Å². The molecule has 1 aromatic rings. The number of likely N-dealkylation sites (tertiary alicyclic amines) is 1. The molecule has 1 fully saturated rings. The number of hydrogen-bond donors (Lipinski definition) is 1. The molecule has 0 aliphatic carbocycles. The van der Waals surface area contributed by atoms with E-state index in [9.17, 15) is 13.2 Å². The van der Waals surface area contributed by atoms with Gasteiger partial charge in [0.2, 0.25) is 5.91 Å². The van der Waals surface area contributed by atoms with Gasteiger partial charge in [0.05, 0.1) is 16.3 Å². The van der Waals surface area contributed by atoms with E-state index in [0.717, 1.165) is 25.9 Å². The van der Waals surface area contributed by atoms with E-state index in [1.54, 1.807) is 32.0 Å². The Morgan fingerprint density at radius 3 is 2.48 bits per heavy atom. The molecule has 0 saturated carbocycles. The largest absolute Gasteiger partial charge is 0.381 e. The molecule has 1 amide bonds. The molecule has 1 N–H and O–H groups in total. The molecular formula is C15H22N2O3S. The van der Waals surface area contributed by atoms with Crippen molar-refractivity contribution in [2.24, 2.45) is 0 Å². The van der Waals surface area contributed by atoms with Gasteiger partial charge in [-0.3, -0.25) is 4.79 Å².